The Kier molecular flexibility index (Phi) is 10.7. The minimum absolute atomic E-state index is 0. The topological polar surface area (TPSA) is 0 Å². The summed E-state index contributed by atoms with van der Waals surface area (Å²) in [6.07, 6.45) is 9.56. The van der Waals surface area contributed by atoms with Crippen LogP contribution < -0.4 is 6.54 Å². The molecule has 0 amide bonds. The molecule has 0 unspecified atom stereocenters. The van der Waals surface area contributed by atoms with Gasteiger partial charge < -0.3 is 0 Å². The van der Waals surface area contributed by atoms with Crippen LogP contribution in [-0.4, -0.2) is 4.21 Å². The molecule has 0 N–H and O–H groups in total. The van der Waals surface area contributed by atoms with Crippen molar-refractivity contribution in [3.8, 4) is 11.1 Å². The number of rotatable bonds is 4. The average molecular weight is 891 g/mol. The maximum atomic E-state index is 5.95. The van der Waals surface area contributed by atoms with Crippen molar-refractivity contribution in [3.63, 3.8) is 0 Å². The molecule has 58 heavy (non-hydrogen) atoms. The summed E-state index contributed by atoms with van der Waals surface area (Å²) in [5, 5.41) is 0. The van der Waals surface area contributed by atoms with Gasteiger partial charge in [-0.2, -0.15) is 0 Å². The first-order valence-corrected chi connectivity index (χ1v) is 27.9. The minimum atomic E-state index is -5.04. The summed E-state index contributed by atoms with van der Waals surface area (Å²) in [5.74, 6) is 0. The van der Waals surface area contributed by atoms with E-state index in [4.69, 9.17) is 4.21 Å². The molecule has 0 spiro atoms. The summed E-state index contributed by atoms with van der Waals surface area (Å²) < 4.78 is 12.0. The Hall–Kier alpha value is -2.83. The second-order valence-electron chi connectivity index (χ2n) is 22.4. The Morgan fingerprint density at radius 1 is 0.586 bits per heavy atom. The first kappa shape index (κ1) is 44.7. The van der Waals surface area contributed by atoms with Crippen LogP contribution in [0.5, 0.6) is 0 Å². The molecule has 0 saturated heterocycles. The molecule has 8 rings (SSSR count). The molecule has 3 heteroatoms. The van der Waals surface area contributed by atoms with E-state index < -0.39 is 18.3 Å². The van der Waals surface area contributed by atoms with Gasteiger partial charge in [-0.15, -0.1) is 24.8 Å². The number of hydrogen-bond donors (Lipinski definition) is 0. The van der Waals surface area contributed by atoms with Crippen molar-refractivity contribution in [3.05, 3.63) is 148 Å². The van der Waals surface area contributed by atoms with Crippen molar-refractivity contribution >= 4 is 46.7 Å². The average Bonchev–Trinajstić information content (AvgIpc) is 3.84. The zero-order valence-electron chi connectivity index (χ0n) is 38.1. The molecule has 0 aromatic heterocycles. The van der Waals surface area contributed by atoms with Gasteiger partial charge in [-0.25, -0.2) is 0 Å². The standard InChI is InChI=1S/C25H25.2C10H13.C9H13.CH2.2ClH.Zr/c1-14-12-24(3,4)22-8-16-7-17-9-23-19(15(2)13-25(23,5)6)11-21(17)20(16)10-18(14)22;2*1-10(2,3)9-7-5-4-6-8-9;1-9(2,3)8-6-4-5-7-8;;;;/h8-12H,7H2,1-6H3;2*5-8H,1-3H3;6-7H,4H2,1-3H3;1H2;2*1H;. The monoisotopic (exact) mass is 888 g/mol. The second-order valence-corrected chi connectivity index (χ2v) is 35.2. The Labute approximate surface area is 364 Å². The number of halogens is 2. The summed E-state index contributed by atoms with van der Waals surface area (Å²) in [5.41, 5.74) is 18.7. The van der Waals surface area contributed by atoms with Crippen molar-refractivity contribution in [1.82, 2.24) is 0 Å². The van der Waals surface area contributed by atoms with Gasteiger partial charge in [-0.3, -0.25) is 0 Å². The Morgan fingerprint density at radius 2 is 1.05 bits per heavy atom. The van der Waals surface area contributed by atoms with Crippen molar-refractivity contribution in [2.75, 3.05) is 0 Å². The third kappa shape index (κ3) is 6.33. The molecule has 0 nitrogen and oxygen atoms in total. The van der Waals surface area contributed by atoms with Gasteiger partial charge in [-0.05, 0) is 0 Å². The SMILES string of the molecule is Cl.Cl.[CH2]=[Zr]([C]1=CC(C(C)(C)C)=CC1)([C]1=C(C)c2cc3c(cc2C1(C)C)Cc1cc2c(cc1-3)C(C)=CC2(C)C)([c]1ccc(C(C)(C)C)cc1)[c]1ccc(C(C)(C)C)cc1. The zero-order valence-corrected chi connectivity index (χ0v) is 42.2. The van der Waals surface area contributed by atoms with Gasteiger partial charge in [0, 0.05) is 0 Å². The van der Waals surface area contributed by atoms with E-state index in [1.165, 1.54) is 78.9 Å². The van der Waals surface area contributed by atoms with Gasteiger partial charge in [0.25, 0.3) is 0 Å². The van der Waals surface area contributed by atoms with E-state index in [2.05, 4.69) is 195 Å². The molecule has 0 aliphatic heterocycles. The van der Waals surface area contributed by atoms with Crippen LogP contribution >= 0.6 is 24.8 Å². The van der Waals surface area contributed by atoms with Crippen LogP contribution in [0.4, 0.5) is 0 Å². The molecule has 306 valence electrons. The van der Waals surface area contributed by atoms with E-state index in [0.717, 1.165) is 12.8 Å². The number of hydrogen-bond acceptors (Lipinski definition) is 0. The third-order valence-corrected chi connectivity index (χ3v) is 32.1. The normalized spacial score (nSPS) is 18.0. The van der Waals surface area contributed by atoms with Crippen molar-refractivity contribution < 1.29 is 18.3 Å². The first-order valence-electron chi connectivity index (χ1n) is 21.2. The van der Waals surface area contributed by atoms with Crippen molar-refractivity contribution in [1.29, 1.82) is 0 Å². The first-order chi connectivity index (χ1) is 25.8. The predicted octanol–water partition coefficient (Wildman–Crippen LogP) is 14.4. The summed E-state index contributed by atoms with van der Waals surface area (Å²) in [4.78, 5) is 0. The molecule has 4 aliphatic carbocycles. The van der Waals surface area contributed by atoms with Gasteiger partial charge in [0.15, 0.2) is 0 Å². The Bertz CT molecular complexity index is 2490. The fourth-order valence-electron chi connectivity index (χ4n) is 11.6. The van der Waals surface area contributed by atoms with Crippen LogP contribution in [-0.2, 0) is 46.4 Å². The molecule has 0 saturated carbocycles. The van der Waals surface area contributed by atoms with Gasteiger partial charge in [0.05, 0.1) is 0 Å². The fourth-order valence-corrected chi connectivity index (χ4v) is 29.5. The fraction of sp³-hybridized carbons (Fsp3) is 0.400. The molecule has 4 aromatic carbocycles. The van der Waals surface area contributed by atoms with E-state index in [-0.39, 0.29) is 51.9 Å². The molecular weight excluding hydrogens is 823 g/mol. The summed E-state index contributed by atoms with van der Waals surface area (Å²) >= 11 is -5.04. The van der Waals surface area contributed by atoms with Gasteiger partial charge in [0.1, 0.15) is 0 Å². The third-order valence-electron chi connectivity index (χ3n) is 14.7. The molecule has 0 atom stereocenters. The predicted molar refractivity (Wildman–Crippen MR) is 258 cm³/mol. The van der Waals surface area contributed by atoms with Crippen molar-refractivity contribution in [2.45, 2.75) is 138 Å². The van der Waals surface area contributed by atoms with E-state index >= 15 is 0 Å². The van der Waals surface area contributed by atoms with Gasteiger partial charge in [0.2, 0.25) is 0 Å². The molecule has 0 heterocycles. The van der Waals surface area contributed by atoms with Crippen LogP contribution in [0.1, 0.15) is 155 Å². The second kappa shape index (κ2) is 13.8. The van der Waals surface area contributed by atoms with E-state index in [9.17, 15) is 0 Å². The van der Waals surface area contributed by atoms with E-state index in [1.807, 2.05) is 0 Å². The quantitative estimate of drug-likeness (QED) is 0.169. The zero-order chi connectivity index (χ0) is 40.8. The Balaban J connectivity index is 0.00000283. The number of benzene rings is 4. The molecular formula is C55H68Cl2Zr. The van der Waals surface area contributed by atoms with Crippen LogP contribution in [0.25, 0.3) is 22.3 Å². The molecule has 4 aliphatic rings. The maximum absolute atomic E-state index is 5.95. The van der Waals surface area contributed by atoms with Crippen molar-refractivity contribution in [2.24, 2.45) is 5.41 Å². The summed E-state index contributed by atoms with van der Waals surface area (Å²) in [6.45, 7) is 35.6. The molecule has 0 bridgehead atoms. The number of fused-ring (bicyclic) bond motifs is 5. The Morgan fingerprint density at radius 3 is 1.50 bits per heavy atom. The van der Waals surface area contributed by atoms with Crippen LogP contribution in [0, 0.1) is 5.41 Å². The van der Waals surface area contributed by atoms with Gasteiger partial charge in [-0.1, -0.05) is 0 Å². The van der Waals surface area contributed by atoms with Gasteiger partial charge >= 0.3 is 343 Å². The van der Waals surface area contributed by atoms with E-state index in [1.54, 1.807) is 6.56 Å². The summed E-state index contributed by atoms with van der Waals surface area (Å²) in [6, 6.07) is 30.0. The number of allylic oxidation sites excluding steroid dienone is 8. The molecule has 0 radical (unpaired) electrons. The summed E-state index contributed by atoms with van der Waals surface area (Å²) in [7, 11) is 0. The molecule has 0 fully saturated rings. The van der Waals surface area contributed by atoms with Crippen LogP contribution in [0.3, 0.4) is 0 Å². The van der Waals surface area contributed by atoms with Crippen LogP contribution in [0.2, 0.25) is 0 Å². The van der Waals surface area contributed by atoms with Crippen LogP contribution in [0.15, 0.2) is 103 Å². The molecule has 4 aromatic rings. The van der Waals surface area contributed by atoms with E-state index in [0.29, 0.717) is 0 Å².